The van der Waals surface area contributed by atoms with Crippen molar-refractivity contribution >= 4 is 21.6 Å². The van der Waals surface area contributed by atoms with E-state index in [2.05, 4.69) is 5.32 Å². The summed E-state index contributed by atoms with van der Waals surface area (Å²) in [4.78, 5) is 12.0. The number of hydrogen-bond donors (Lipinski definition) is 2. The third-order valence-electron chi connectivity index (χ3n) is 4.12. The highest BCUT2D eigenvalue weighted by Gasteiger charge is 2.14. The first kappa shape index (κ1) is 21.4. The number of ether oxygens (including phenoxy) is 1. The summed E-state index contributed by atoms with van der Waals surface area (Å²) >= 11 is 0. The number of nitrogens with two attached hydrogens (primary N) is 1. The summed E-state index contributed by atoms with van der Waals surface area (Å²) in [5, 5.41) is 7.73. The van der Waals surface area contributed by atoms with Crippen molar-refractivity contribution in [1.29, 1.82) is 0 Å². The SMILES string of the molecule is NS(=O)(=O)c1cc(NC(=O)Cc2ccccc2F)cc(OCc2ccc(F)cc2)c1. The van der Waals surface area contributed by atoms with E-state index in [1.807, 2.05) is 0 Å². The number of carbonyl (C=O) groups is 1. The Labute approximate surface area is 172 Å². The van der Waals surface area contributed by atoms with Gasteiger partial charge in [0.05, 0.1) is 11.3 Å². The first-order valence-corrected chi connectivity index (χ1v) is 10.3. The molecule has 3 aromatic carbocycles. The lowest BCUT2D eigenvalue weighted by Gasteiger charge is -2.12. The summed E-state index contributed by atoms with van der Waals surface area (Å²) in [7, 11) is -4.08. The van der Waals surface area contributed by atoms with Gasteiger partial charge in [-0.15, -0.1) is 0 Å². The first-order valence-electron chi connectivity index (χ1n) is 8.79. The predicted octanol–water partition coefficient (Wildman–Crippen LogP) is 3.37. The van der Waals surface area contributed by atoms with E-state index in [1.54, 1.807) is 6.07 Å². The summed E-state index contributed by atoms with van der Waals surface area (Å²) in [5.41, 5.74) is 0.977. The quantitative estimate of drug-likeness (QED) is 0.598. The van der Waals surface area contributed by atoms with Crippen molar-refractivity contribution in [2.45, 2.75) is 17.9 Å². The minimum atomic E-state index is -4.08. The molecule has 1 amide bonds. The number of carbonyl (C=O) groups excluding carboxylic acids is 1. The summed E-state index contributed by atoms with van der Waals surface area (Å²) in [6.07, 6.45) is -0.238. The van der Waals surface area contributed by atoms with Crippen LogP contribution >= 0.6 is 0 Å². The standard InChI is InChI=1S/C21H18F2N2O4S/c22-16-7-5-14(6-8-16)13-29-18-10-17(11-19(12-18)30(24,27)28)25-21(26)9-15-3-1-2-4-20(15)23/h1-8,10-12H,9,13H2,(H,25,26)(H2,24,27,28). The van der Waals surface area contributed by atoms with Gasteiger partial charge in [-0.05, 0) is 35.4 Å². The summed E-state index contributed by atoms with van der Waals surface area (Å²) in [5.74, 6) is -1.33. The molecule has 30 heavy (non-hydrogen) atoms. The van der Waals surface area contributed by atoms with Gasteiger partial charge in [0, 0.05) is 17.8 Å². The Morgan fingerprint density at radius 1 is 1.00 bits per heavy atom. The monoisotopic (exact) mass is 432 g/mol. The van der Waals surface area contributed by atoms with E-state index >= 15 is 0 Å². The Morgan fingerprint density at radius 2 is 1.70 bits per heavy atom. The summed E-state index contributed by atoms with van der Waals surface area (Å²) in [6.45, 7) is 0.0387. The number of anilines is 1. The van der Waals surface area contributed by atoms with Gasteiger partial charge < -0.3 is 10.1 Å². The number of hydrogen-bond acceptors (Lipinski definition) is 4. The molecule has 3 aromatic rings. The van der Waals surface area contributed by atoms with Crippen molar-refractivity contribution in [3.8, 4) is 5.75 Å². The van der Waals surface area contributed by atoms with Gasteiger partial charge in [-0.2, -0.15) is 0 Å². The molecule has 0 bridgehead atoms. The van der Waals surface area contributed by atoms with E-state index in [4.69, 9.17) is 9.88 Å². The fraction of sp³-hybridized carbons (Fsp3) is 0.0952. The van der Waals surface area contributed by atoms with E-state index in [9.17, 15) is 22.0 Å². The molecule has 3 N–H and O–H groups in total. The maximum absolute atomic E-state index is 13.7. The number of amides is 1. The van der Waals surface area contributed by atoms with Crippen molar-refractivity contribution in [2.24, 2.45) is 5.14 Å². The Balaban J connectivity index is 1.79. The molecule has 0 atom stereocenters. The zero-order valence-electron chi connectivity index (χ0n) is 15.6. The van der Waals surface area contributed by atoms with Crippen LogP contribution in [0.3, 0.4) is 0 Å². The molecule has 0 aromatic heterocycles. The number of rotatable bonds is 7. The van der Waals surface area contributed by atoms with E-state index in [1.165, 1.54) is 60.7 Å². The first-order chi connectivity index (χ1) is 14.2. The number of benzene rings is 3. The maximum Gasteiger partial charge on any atom is 0.238 e. The van der Waals surface area contributed by atoms with Crippen LogP contribution in [0.1, 0.15) is 11.1 Å². The van der Waals surface area contributed by atoms with Gasteiger partial charge in [-0.3, -0.25) is 4.79 Å². The van der Waals surface area contributed by atoms with Crippen molar-refractivity contribution < 1.29 is 26.7 Å². The Bertz CT molecular complexity index is 1170. The zero-order chi connectivity index (χ0) is 21.7. The van der Waals surface area contributed by atoms with Gasteiger partial charge in [0.1, 0.15) is 24.0 Å². The molecule has 0 fully saturated rings. The highest BCUT2D eigenvalue weighted by molar-refractivity contribution is 7.89. The molecule has 0 radical (unpaired) electrons. The molecular formula is C21H18F2N2O4S. The zero-order valence-corrected chi connectivity index (χ0v) is 16.5. The van der Waals surface area contributed by atoms with Crippen LogP contribution in [0.5, 0.6) is 5.75 Å². The third kappa shape index (κ3) is 5.85. The van der Waals surface area contributed by atoms with Crippen LogP contribution < -0.4 is 15.2 Å². The molecule has 0 unspecified atom stereocenters. The van der Waals surface area contributed by atoms with Crippen molar-refractivity contribution in [3.05, 3.63) is 89.5 Å². The third-order valence-corrected chi connectivity index (χ3v) is 5.01. The molecule has 6 nitrogen and oxygen atoms in total. The normalized spacial score (nSPS) is 11.2. The fourth-order valence-corrected chi connectivity index (χ4v) is 3.23. The van der Waals surface area contributed by atoms with E-state index in [0.29, 0.717) is 5.56 Å². The van der Waals surface area contributed by atoms with Crippen LogP contribution in [0.2, 0.25) is 0 Å². The largest absolute Gasteiger partial charge is 0.489 e. The smallest absolute Gasteiger partial charge is 0.238 e. The van der Waals surface area contributed by atoms with Crippen LogP contribution in [0, 0.1) is 11.6 Å². The second-order valence-electron chi connectivity index (χ2n) is 6.47. The number of nitrogens with one attached hydrogen (secondary N) is 1. The second-order valence-corrected chi connectivity index (χ2v) is 8.03. The lowest BCUT2D eigenvalue weighted by atomic mass is 10.1. The van der Waals surface area contributed by atoms with E-state index in [0.717, 1.165) is 0 Å². The minimum Gasteiger partial charge on any atom is -0.489 e. The van der Waals surface area contributed by atoms with Gasteiger partial charge in [0.2, 0.25) is 15.9 Å². The Morgan fingerprint density at radius 3 is 2.37 bits per heavy atom. The maximum atomic E-state index is 13.7. The lowest BCUT2D eigenvalue weighted by Crippen LogP contribution is -2.17. The van der Waals surface area contributed by atoms with Crippen LogP contribution in [0.4, 0.5) is 14.5 Å². The molecule has 0 saturated heterocycles. The summed E-state index contributed by atoms with van der Waals surface area (Å²) in [6, 6.07) is 15.2. The summed E-state index contributed by atoms with van der Waals surface area (Å²) < 4.78 is 55.9. The molecule has 156 valence electrons. The fourth-order valence-electron chi connectivity index (χ4n) is 2.66. The highest BCUT2D eigenvalue weighted by atomic mass is 32.2. The molecule has 9 heteroatoms. The van der Waals surface area contributed by atoms with Gasteiger partial charge in [0.25, 0.3) is 0 Å². The molecule has 0 saturated carbocycles. The molecular weight excluding hydrogens is 414 g/mol. The molecule has 0 spiro atoms. The molecule has 0 aliphatic carbocycles. The van der Waals surface area contributed by atoms with E-state index in [-0.39, 0.29) is 34.9 Å². The van der Waals surface area contributed by atoms with Crippen molar-refractivity contribution in [1.82, 2.24) is 0 Å². The van der Waals surface area contributed by atoms with Crippen LogP contribution in [0.15, 0.2) is 71.6 Å². The Kier molecular flexibility index (Phi) is 6.43. The topological polar surface area (TPSA) is 98.5 Å². The van der Waals surface area contributed by atoms with Gasteiger partial charge >= 0.3 is 0 Å². The molecule has 3 rings (SSSR count). The molecule has 0 aliphatic rings. The van der Waals surface area contributed by atoms with Crippen LogP contribution in [-0.2, 0) is 27.8 Å². The van der Waals surface area contributed by atoms with Gasteiger partial charge in [-0.1, -0.05) is 30.3 Å². The van der Waals surface area contributed by atoms with Crippen molar-refractivity contribution in [3.63, 3.8) is 0 Å². The molecule has 0 aliphatic heterocycles. The van der Waals surface area contributed by atoms with Crippen LogP contribution in [0.25, 0.3) is 0 Å². The predicted molar refractivity (Wildman–Crippen MR) is 107 cm³/mol. The Hall–Kier alpha value is -3.30. The van der Waals surface area contributed by atoms with Gasteiger partial charge in [-0.25, -0.2) is 22.3 Å². The highest BCUT2D eigenvalue weighted by Crippen LogP contribution is 2.25. The van der Waals surface area contributed by atoms with Gasteiger partial charge in [0.15, 0.2) is 0 Å². The van der Waals surface area contributed by atoms with Crippen LogP contribution in [-0.4, -0.2) is 14.3 Å². The van der Waals surface area contributed by atoms with Crippen molar-refractivity contribution in [2.75, 3.05) is 5.32 Å². The average molecular weight is 432 g/mol. The molecule has 0 heterocycles. The minimum absolute atomic E-state index is 0.0387. The number of primary sulfonamides is 1. The lowest BCUT2D eigenvalue weighted by molar-refractivity contribution is -0.115. The number of halogens is 2. The average Bonchev–Trinajstić information content (AvgIpc) is 2.68. The number of sulfonamides is 1. The second kappa shape index (κ2) is 9.02. The van der Waals surface area contributed by atoms with E-state index < -0.39 is 27.6 Å².